The monoisotopic (exact) mass is 2140 g/mol. The van der Waals surface area contributed by atoms with Crippen molar-refractivity contribution in [1.82, 2.24) is 59.3 Å². The maximum atomic E-state index is 13.3. The quantitative estimate of drug-likeness (QED) is 0.0354. The van der Waals surface area contributed by atoms with Crippen LogP contribution in [0.3, 0.4) is 0 Å². The highest BCUT2D eigenvalue weighted by molar-refractivity contribution is 7.93. The Hall–Kier alpha value is -14.2. The van der Waals surface area contributed by atoms with Gasteiger partial charge in [-0.2, -0.15) is 13.2 Å². The van der Waals surface area contributed by atoms with E-state index >= 15 is 0 Å². The number of alkyl halides is 3. The van der Waals surface area contributed by atoms with Crippen LogP contribution in [0.5, 0.6) is 11.5 Å². The van der Waals surface area contributed by atoms with Crippen molar-refractivity contribution in [3.05, 3.63) is 270 Å². The number of hydrogen-bond donors (Lipinski definition) is 4. The first-order valence-electron chi connectivity index (χ1n) is 45.8. The Morgan fingerprint density at radius 1 is 0.531 bits per heavy atom. The molecule has 19 rings (SSSR count). The van der Waals surface area contributed by atoms with Crippen molar-refractivity contribution < 1.29 is 87.4 Å². The Balaban J connectivity index is 0.000000188. The molecule has 2 unspecified atom stereocenters. The standard InChI is InChI=1S/C25H30N6O3S.C24H22ClN5O4S2.C24H21F3N6O4S2.C24H27N5O4S2.5H2/c1-3-31(22-7-5-4-6-8-22)20(2)25(32)30-17-15-29(16-18-30)21-9-11-23(12-10-21)35(33,34)28-24-13-14-26-19-27-24;1-16(29-11-9-17-3-2-4-20(25)22(17)29)23(32)28-12-13-30(21(31)15-28)18-5-7-19(8-6-18)36(33,34)27-24-26-10-14-35-24;25-24(26,27)19-3-1-2-18-20(8-9-28-22(18)19)37-14-21(34)33-12-10-32(11-13-33)16-4-6-17(7-5-16)39(35,36)31-23-30-29-15-38-23;1-33-20-4-2-3-19(17-20)27-12-14-28(15-13-27)22-9-11-29(23(22)30)18-5-7-21(8-6-18)35(31,32)26-24-25-10-16-34-24;;;;;/h4-14,19-20H,3,15-18H2,1-2H3,(H,26,27,28);2-11,14,16H,12-13,15H2,1H3,(H,26,27);1-9,15H,10-14H2,(H,30,31);2-8,10,16-17,22H,9,11-15H2,1H3,(H,25,26);5*1H/t;;;22-;;;;;/m...0...../s1. The highest BCUT2D eigenvalue weighted by Gasteiger charge is 2.40. The first-order valence-corrected chi connectivity index (χ1v) is 54.7. The molecule has 0 spiro atoms. The van der Waals surface area contributed by atoms with Crippen molar-refractivity contribution in [2.45, 2.75) is 71.1 Å². The molecular formula is C97H110ClF3N22O15S7. The van der Waals surface area contributed by atoms with Crippen LogP contribution in [-0.2, 0) is 70.2 Å². The van der Waals surface area contributed by atoms with Gasteiger partial charge in [-0.15, -0.1) is 32.9 Å². The van der Waals surface area contributed by atoms with Gasteiger partial charge in [0.05, 0.1) is 54.4 Å². The molecule has 6 aromatic heterocycles. The van der Waals surface area contributed by atoms with Gasteiger partial charge in [-0.25, -0.2) is 53.6 Å². The number of pyridine rings is 1. The van der Waals surface area contributed by atoms with Gasteiger partial charge in [-0.3, -0.25) is 52.7 Å². The lowest BCUT2D eigenvalue weighted by molar-refractivity contribution is -0.139. The van der Waals surface area contributed by atoms with Crippen LogP contribution in [0.1, 0.15) is 45.9 Å². The zero-order valence-electron chi connectivity index (χ0n) is 78.5. The van der Waals surface area contributed by atoms with Crippen molar-refractivity contribution >= 4 is 192 Å². The number of methoxy groups -OCH3 is 1. The number of piperazine rings is 4. The lowest BCUT2D eigenvalue weighted by Crippen LogP contribution is -2.54. The number of fused-ring (bicyclic) bond motifs is 2. The fourth-order valence-electron chi connectivity index (χ4n) is 17.3. The van der Waals surface area contributed by atoms with Crippen LogP contribution in [0.25, 0.3) is 21.8 Å². The van der Waals surface area contributed by atoms with Crippen molar-refractivity contribution in [1.29, 1.82) is 0 Å². The summed E-state index contributed by atoms with van der Waals surface area (Å²) >= 11 is 9.84. The molecule has 11 heterocycles. The summed E-state index contributed by atoms with van der Waals surface area (Å²) < 4.78 is 163. The van der Waals surface area contributed by atoms with E-state index in [4.69, 9.17) is 21.1 Å². The molecule has 5 saturated heterocycles. The predicted molar refractivity (Wildman–Crippen MR) is 563 cm³/mol. The molecule has 0 radical (unpaired) electrons. The number of carbonyl (C=O) groups is 5. The van der Waals surface area contributed by atoms with Crippen LogP contribution in [0.2, 0.25) is 5.02 Å². The third-order valence-corrected chi connectivity index (χ3v) is 33.0. The van der Waals surface area contributed by atoms with Crippen LogP contribution in [0.4, 0.5) is 68.5 Å². The van der Waals surface area contributed by atoms with Gasteiger partial charge in [0.15, 0.2) is 16.9 Å². The second kappa shape index (κ2) is 45.8. The molecule has 14 aromatic rings. The second-order valence-electron chi connectivity index (χ2n) is 33.6. The summed E-state index contributed by atoms with van der Waals surface area (Å²) in [5.41, 5.74) is 6.27. The average molecular weight is 2140 g/mol. The van der Waals surface area contributed by atoms with E-state index in [1.807, 2.05) is 94.2 Å². The number of benzene rings is 8. The van der Waals surface area contributed by atoms with Crippen LogP contribution < -0.4 is 57.8 Å². The SMILES string of the molecule is CC(C(=O)N1CCN(c2ccc(S(=O)(=O)Nc3nccs3)cc2)C(=O)C1)n1ccc2cccc(Cl)c21.CCN(c1ccccc1)C(C)C(=O)N1CCN(c2ccc(S(=O)(=O)Nc3ccncn3)cc2)CC1.COc1cccc(N2CCN([C@H]3CCN(c4ccc(S(=O)(=O)Nc5nccs5)cc4)C3=O)CC2)c1.O=C(COc1ccnc2c(C(F)(F)F)cccc12)N1CCN(c2ccc(S(=O)(=O)Nc3nncs3)cc2)CC1.[HH].[HH].[HH].[HH].[HH]. The number of sulfonamides is 4. The summed E-state index contributed by atoms with van der Waals surface area (Å²) in [6, 6.07) is 56.8. The number of nitrogens with one attached hydrogen (secondary N) is 4. The number of aromatic nitrogens is 8. The number of anilines is 10. The van der Waals surface area contributed by atoms with Gasteiger partial charge < -0.3 is 58.1 Å². The summed E-state index contributed by atoms with van der Waals surface area (Å²) in [7, 11) is -13.4. The number of thiazole rings is 2. The van der Waals surface area contributed by atoms with Crippen LogP contribution in [0, 0.1) is 0 Å². The molecule has 768 valence electrons. The molecule has 4 N–H and O–H groups in total. The highest BCUT2D eigenvalue weighted by Crippen LogP contribution is 2.39. The predicted octanol–water partition coefficient (Wildman–Crippen LogP) is 14.6. The number of rotatable bonds is 28. The number of halogens is 4. The molecule has 0 bridgehead atoms. The highest BCUT2D eigenvalue weighted by atomic mass is 35.5. The van der Waals surface area contributed by atoms with Gasteiger partial charge in [0.2, 0.25) is 28.8 Å². The molecule has 48 heteroatoms. The number of para-hydroxylation sites is 3. The van der Waals surface area contributed by atoms with Crippen molar-refractivity contribution in [3.8, 4) is 11.5 Å². The van der Waals surface area contributed by atoms with Crippen molar-refractivity contribution in [2.75, 3.05) is 173 Å². The summed E-state index contributed by atoms with van der Waals surface area (Å²) in [6.45, 7) is 15.1. The van der Waals surface area contributed by atoms with Gasteiger partial charge in [-0.05, 0) is 185 Å². The topological polar surface area (TPSA) is 416 Å². The Bertz CT molecular complexity index is 7370. The first kappa shape index (κ1) is 104. The number of amides is 5. The van der Waals surface area contributed by atoms with Crippen LogP contribution in [-0.4, -0.2) is 260 Å². The zero-order valence-corrected chi connectivity index (χ0v) is 85.0. The normalized spacial score (nSPS) is 15.9. The minimum atomic E-state index is -4.56. The summed E-state index contributed by atoms with van der Waals surface area (Å²) in [4.78, 5) is 105. The molecule has 0 saturated carbocycles. The van der Waals surface area contributed by atoms with Crippen molar-refractivity contribution in [2.24, 2.45) is 0 Å². The molecule has 5 aliphatic heterocycles. The van der Waals surface area contributed by atoms with Gasteiger partial charge in [-0.1, -0.05) is 65.4 Å². The summed E-state index contributed by atoms with van der Waals surface area (Å²) in [5.74, 6) is 0.676. The smallest absolute Gasteiger partial charge is 0.418 e. The first-order chi connectivity index (χ1) is 69.7. The maximum absolute atomic E-state index is 13.3. The van der Waals surface area contributed by atoms with E-state index in [0.29, 0.717) is 93.5 Å². The zero-order chi connectivity index (χ0) is 102. The number of ether oxygens (including phenoxy) is 2. The molecule has 5 amide bonds. The van der Waals surface area contributed by atoms with E-state index in [9.17, 15) is 70.8 Å². The van der Waals surface area contributed by atoms with E-state index in [2.05, 4.69) is 86.6 Å². The number of carbonyl (C=O) groups excluding carboxylic acids is 5. The molecule has 3 atom stereocenters. The van der Waals surface area contributed by atoms with E-state index in [-0.39, 0.29) is 114 Å². The fourth-order valence-corrected chi connectivity index (χ4v) is 23.9. The maximum Gasteiger partial charge on any atom is 0.418 e. The average Bonchev–Trinajstić information content (AvgIpc) is 1.08. The van der Waals surface area contributed by atoms with Crippen molar-refractivity contribution in [3.63, 3.8) is 0 Å². The minimum Gasteiger partial charge on any atom is -0.497 e. The lowest BCUT2D eigenvalue weighted by Gasteiger charge is -2.39. The van der Waals surface area contributed by atoms with Gasteiger partial charge >= 0.3 is 6.18 Å². The van der Waals surface area contributed by atoms with Crippen LogP contribution in [0.15, 0.2) is 279 Å². The van der Waals surface area contributed by atoms with Gasteiger partial charge in [0.25, 0.3) is 46.0 Å². The summed E-state index contributed by atoms with van der Waals surface area (Å²) in [6.07, 6.45) is 5.05. The third kappa shape index (κ3) is 25.1. The van der Waals surface area contributed by atoms with Gasteiger partial charge in [0, 0.05) is 205 Å². The largest absolute Gasteiger partial charge is 0.497 e. The van der Waals surface area contributed by atoms with E-state index in [1.165, 1.54) is 114 Å². The van der Waals surface area contributed by atoms with E-state index < -0.39 is 57.9 Å². The second-order valence-corrected chi connectivity index (χ2v) is 43.3. The van der Waals surface area contributed by atoms with E-state index in [0.717, 1.165) is 95.9 Å². The van der Waals surface area contributed by atoms with E-state index in [1.54, 1.807) is 117 Å². The van der Waals surface area contributed by atoms with Crippen LogP contribution >= 0.6 is 45.6 Å². The third-order valence-electron chi connectivity index (χ3n) is 24.9. The molecule has 37 nitrogen and oxygen atoms in total. The Labute approximate surface area is 859 Å². The Morgan fingerprint density at radius 2 is 1.08 bits per heavy atom. The lowest BCUT2D eigenvalue weighted by atomic mass is 10.1. The fraction of sp³-hybridized carbons (Fsp3) is 0.278. The number of likely N-dealkylation sites (N-methyl/N-ethyl adjacent to an activating group) is 1. The molecule has 5 aliphatic rings. The molecular weight excluding hydrogens is 2030 g/mol. The Kier molecular flexibility index (Phi) is 32.8. The molecule has 5 fully saturated rings. The minimum absolute atomic E-state index is 0. The number of nitrogens with zero attached hydrogens (tertiary/aromatic N) is 18. The molecule has 145 heavy (non-hydrogen) atoms. The Morgan fingerprint density at radius 3 is 1.62 bits per heavy atom. The van der Waals surface area contributed by atoms with Gasteiger partial charge in [0.1, 0.15) is 47.8 Å². The molecule has 0 aliphatic carbocycles. The summed E-state index contributed by atoms with van der Waals surface area (Å²) in [5, 5.41) is 13.1. The molecule has 8 aromatic carbocycles. The number of hydrogen-bond acceptors (Lipinski definition) is 30.